The van der Waals surface area contributed by atoms with Crippen molar-refractivity contribution < 1.29 is 26.0 Å². The molecule has 148 valence electrons. The molecule has 3 rings (SSSR count). The van der Waals surface area contributed by atoms with E-state index in [9.17, 15) is 26.0 Å². The van der Waals surface area contributed by atoms with Crippen LogP contribution in [0, 0.1) is 5.82 Å². The number of alkyl halides is 3. The van der Waals surface area contributed by atoms with Gasteiger partial charge in [-0.3, -0.25) is 0 Å². The highest BCUT2D eigenvalue weighted by Crippen LogP contribution is 2.32. The Morgan fingerprint density at radius 2 is 1.79 bits per heavy atom. The van der Waals surface area contributed by atoms with Gasteiger partial charge in [-0.1, -0.05) is 18.2 Å². The zero-order valence-corrected chi connectivity index (χ0v) is 15.1. The normalized spacial score (nSPS) is 12.3. The zero-order valence-electron chi connectivity index (χ0n) is 14.3. The van der Waals surface area contributed by atoms with Crippen LogP contribution in [-0.4, -0.2) is 24.7 Å². The molecule has 10 heteroatoms. The molecule has 1 N–H and O–H groups in total. The van der Waals surface area contributed by atoms with E-state index in [2.05, 4.69) is 9.82 Å². The van der Waals surface area contributed by atoms with Crippen LogP contribution in [0.1, 0.15) is 11.1 Å². The highest BCUT2D eigenvalue weighted by atomic mass is 32.2. The molecule has 1 aromatic heterocycles. The third-order valence-electron chi connectivity index (χ3n) is 3.92. The summed E-state index contributed by atoms with van der Waals surface area (Å²) in [6, 6.07) is 10.8. The van der Waals surface area contributed by atoms with Crippen molar-refractivity contribution in [3.63, 3.8) is 0 Å². The fourth-order valence-electron chi connectivity index (χ4n) is 2.51. The van der Waals surface area contributed by atoms with E-state index in [1.807, 2.05) is 30.3 Å². The van der Waals surface area contributed by atoms with Gasteiger partial charge in [0.2, 0.25) is 10.0 Å². The minimum Gasteiger partial charge on any atom is -0.241 e. The van der Waals surface area contributed by atoms with Gasteiger partial charge in [0.25, 0.3) is 0 Å². The van der Waals surface area contributed by atoms with E-state index < -0.39 is 32.5 Å². The van der Waals surface area contributed by atoms with E-state index in [-0.39, 0.29) is 19.0 Å². The summed E-state index contributed by atoms with van der Waals surface area (Å²) in [6.45, 7) is -0.0540. The first kappa shape index (κ1) is 20.0. The zero-order chi connectivity index (χ0) is 20.4. The second-order valence-electron chi connectivity index (χ2n) is 5.92. The lowest BCUT2D eigenvalue weighted by molar-refractivity contribution is -0.140. The van der Waals surface area contributed by atoms with E-state index in [1.54, 1.807) is 17.1 Å². The number of aromatic nitrogens is 2. The van der Waals surface area contributed by atoms with Crippen LogP contribution in [0.4, 0.5) is 17.6 Å². The average molecular weight is 413 g/mol. The molecule has 0 atom stereocenters. The lowest BCUT2D eigenvalue weighted by Gasteiger charge is -2.11. The Morgan fingerprint density at radius 3 is 2.46 bits per heavy atom. The first-order valence-corrected chi connectivity index (χ1v) is 9.60. The SMILES string of the molecule is O=S(=O)(NCCc1cnn(-c2ccccc2)c1)c1ccc(F)c(C(F)(F)F)c1. The van der Waals surface area contributed by atoms with Crippen LogP contribution >= 0.6 is 0 Å². The second kappa shape index (κ2) is 7.72. The molecular weight excluding hydrogens is 398 g/mol. The summed E-state index contributed by atoms with van der Waals surface area (Å²) in [7, 11) is -4.22. The van der Waals surface area contributed by atoms with Crippen molar-refractivity contribution in [3.8, 4) is 5.69 Å². The van der Waals surface area contributed by atoms with Crippen LogP contribution in [-0.2, 0) is 22.6 Å². The molecule has 0 radical (unpaired) electrons. The molecular formula is C18H15F4N3O2S. The largest absolute Gasteiger partial charge is 0.419 e. The van der Waals surface area contributed by atoms with Crippen LogP contribution in [0.15, 0.2) is 65.8 Å². The average Bonchev–Trinajstić information content (AvgIpc) is 3.10. The lowest BCUT2D eigenvalue weighted by Crippen LogP contribution is -2.26. The Labute approximate surface area is 158 Å². The Morgan fingerprint density at radius 1 is 1.07 bits per heavy atom. The van der Waals surface area contributed by atoms with Crippen molar-refractivity contribution in [1.29, 1.82) is 0 Å². The third-order valence-corrected chi connectivity index (χ3v) is 5.37. The van der Waals surface area contributed by atoms with Gasteiger partial charge in [0, 0.05) is 12.7 Å². The molecule has 0 aliphatic heterocycles. The second-order valence-corrected chi connectivity index (χ2v) is 7.68. The molecule has 0 aliphatic carbocycles. The number of hydrogen-bond acceptors (Lipinski definition) is 3. The Hall–Kier alpha value is -2.72. The molecule has 0 spiro atoms. The molecule has 5 nitrogen and oxygen atoms in total. The number of hydrogen-bond donors (Lipinski definition) is 1. The Bertz CT molecular complexity index is 1060. The van der Waals surface area contributed by atoms with E-state index >= 15 is 0 Å². The van der Waals surface area contributed by atoms with Gasteiger partial charge in [-0.15, -0.1) is 0 Å². The monoisotopic (exact) mass is 413 g/mol. The minimum atomic E-state index is -4.98. The fraction of sp³-hybridized carbons (Fsp3) is 0.167. The van der Waals surface area contributed by atoms with Crippen LogP contribution in [0.2, 0.25) is 0 Å². The van der Waals surface area contributed by atoms with E-state index in [1.165, 1.54) is 0 Å². The molecule has 0 bridgehead atoms. The maximum Gasteiger partial charge on any atom is 0.419 e. The van der Waals surface area contributed by atoms with Crippen LogP contribution < -0.4 is 4.72 Å². The number of benzene rings is 2. The van der Waals surface area contributed by atoms with Crippen molar-refractivity contribution in [3.05, 3.63) is 77.9 Å². The Balaban J connectivity index is 1.67. The smallest absolute Gasteiger partial charge is 0.241 e. The summed E-state index contributed by atoms with van der Waals surface area (Å²) in [4.78, 5) is -0.652. The summed E-state index contributed by atoms with van der Waals surface area (Å²) in [6.07, 6.45) is -1.41. The summed E-state index contributed by atoms with van der Waals surface area (Å²) >= 11 is 0. The molecule has 0 saturated carbocycles. The standard InChI is InChI=1S/C18H15F4N3O2S/c19-17-7-6-15(10-16(17)18(20,21)22)28(26,27)24-9-8-13-11-23-25(12-13)14-4-2-1-3-5-14/h1-7,10-12,24H,8-9H2. The number of halogens is 4. The van der Waals surface area contributed by atoms with Gasteiger partial charge < -0.3 is 0 Å². The summed E-state index contributed by atoms with van der Waals surface area (Å²) < 4.78 is 79.9. The first-order chi connectivity index (χ1) is 13.2. The predicted molar refractivity (Wildman–Crippen MR) is 93.9 cm³/mol. The van der Waals surface area contributed by atoms with Gasteiger partial charge in [0.1, 0.15) is 5.82 Å². The van der Waals surface area contributed by atoms with Crippen molar-refractivity contribution in [2.45, 2.75) is 17.5 Å². The van der Waals surface area contributed by atoms with Gasteiger partial charge in [0.05, 0.1) is 22.3 Å². The fourth-order valence-corrected chi connectivity index (χ4v) is 3.57. The number of sulfonamides is 1. The summed E-state index contributed by atoms with van der Waals surface area (Å²) in [5.74, 6) is -1.53. The molecule has 0 amide bonds. The summed E-state index contributed by atoms with van der Waals surface area (Å²) in [5.41, 5.74) is -0.0542. The number of rotatable bonds is 6. The number of nitrogens with zero attached hydrogens (tertiary/aromatic N) is 2. The highest BCUT2D eigenvalue weighted by molar-refractivity contribution is 7.89. The first-order valence-electron chi connectivity index (χ1n) is 8.12. The van der Waals surface area contributed by atoms with Gasteiger partial charge in [0.15, 0.2) is 0 Å². The predicted octanol–water partition coefficient (Wildman–Crippen LogP) is 3.55. The van der Waals surface area contributed by atoms with E-state index in [4.69, 9.17) is 0 Å². The molecule has 0 fully saturated rings. The topological polar surface area (TPSA) is 64.0 Å². The maximum atomic E-state index is 13.3. The molecule has 2 aromatic carbocycles. The van der Waals surface area contributed by atoms with Crippen LogP contribution in [0.3, 0.4) is 0 Å². The van der Waals surface area contributed by atoms with Crippen molar-refractivity contribution in [1.82, 2.24) is 14.5 Å². The maximum absolute atomic E-state index is 13.3. The van der Waals surface area contributed by atoms with Gasteiger partial charge in [-0.25, -0.2) is 22.2 Å². The number of para-hydroxylation sites is 1. The number of nitrogens with one attached hydrogen (secondary N) is 1. The van der Waals surface area contributed by atoms with Gasteiger partial charge >= 0.3 is 6.18 Å². The van der Waals surface area contributed by atoms with E-state index in [0.29, 0.717) is 6.07 Å². The summed E-state index contributed by atoms with van der Waals surface area (Å²) in [5, 5.41) is 4.18. The third kappa shape index (κ3) is 4.57. The van der Waals surface area contributed by atoms with Gasteiger partial charge in [-0.2, -0.15) is 18.3 Å². The molecule has 3 aromatic rings. The van der Waals surface area contributed by atoms with Crippen molar-refractivity contribution in [2.75, 3.05) is 6.54 Å². The van der Waals surface area contributed by atoms with Crippen molar-refractivity contribution >= 4 is 10.0 Å². The Kier molecular flexibility index (Phi) is 5.52. The van der Waals surface area contributed by atoms with E-state index in [0.717, 1.165) is 17.3 Å². The molecule has 1 heterocycles. The highest BCUT2D eigenvalue weighted by Gasteiger charge is 2.35. The minimum absolute atomic E-state index is 0.0540. The molecule has 0 aliphatic rings. The van der Waals surface area contributed by atoms with Crippen LogP contribution in [0.5, 0.6) is 0 Å². The van der Waals surface area contributed by atoms with Crippen molar-refractivity contribution in [2.24, 2.45) is 0 Å². The molecule has 0 saturated heterocycles. The van der Waals surface area contributed by atoms with Crippen LogP contribution in [0.25, 0.3) is 5.69 Å². The molecule has 28 heavy (non-hydrogen) atoms. The lowest BCUT2D eigenvalue weighted by atomic mass is 10.2. The molecule has 0 unspecified atom stereocenters. The van der Waals surface area contributed by atoms with Gasteiger partial charge in [-0.05, 0) is 42.3 Å². The quantitative estimate of drug-likeness (QED) is 0.629.